The largest absolute Gasteiger partial charge is 0.491 e. The fourth-order valence-corrected chi connectivity index (χ4v) is 2.39. The smallest absolute Gasteiger partial charge is 0.323 e. The van der Waals surface area contributed by atoms with Gasteiger partial charge in [-0.25, -0.2) is 13.6 Å². The number of halogens is 2. The standard InChI is InChI=1S/C17H15F2N3O3/c1-22-7-8-25-14-6-5-10(9-11(14)16(22)23)20-17(24)21-15-12(18)3-2-4-13(15)19/h2-6,9H,7-8H2,1H3,(H2,20,21,24). The molecule has 1 heterocycles. The zero-order chi connectivity index (χ0) is 18.0. The monoisotopic (exact) mass is 347 g/mol. The van der Waals surface area contributed by atoms with E-state index in [-0.39, 0.29) is 5.91 Å². The van der Waals surface area contributed by atoms with Crippen LogP contribution in [0.2, 0.25) is 0 Å². The molecule has 2 aromatic carbocycles. The summed E-state index contributed by atoms with van der Waals surface area (Å²) in [5, 5.41) is 4.55. The van der Waals surface area contributed by atoms with Gasteiger partial charge in [0, 0.05) is 12.7 Å². The topological polar surface area (TPSA) is 70.7 Å². The van der Waals surface area contributed by atoms with E-state index < -0.39 is 23.4 Å². The van der Waals surface area contributed by atoms with Crippen LogP contribution in [-0.4, -0.2) is 37.0 Å². The van der Waals surface area contributed by atoms with E-state index >= 15 is 0 Å². The van der Waals surface area contributed by atoms with Crippen molar-refractivity contribution in [2.24, 2.45) is 0 Å². The Labute approximate surface area is 142 Å². The van der Waals surface area contributed by atoms with Gasteiger partial charge >= 0.3 is 6.03 Å². The summed E-state index contributed by atoms with van der Waals surface area (Å²) in [7, 11) is 1.65. The van der Waals surface area contributed by atoms with Crippen molar-refractivity contribution in [1.82, 2.24) is 4.90 Å². The van der Waals surface area contributed by atoms with E-state index in [1.807, 2.05) is 0 Å². The van der Waals surface area contributed by atoms with Crippen LogP contribution in [0, 0.1) is 11.6 Å². The molecule has 8 heteroatoms. The summed E-state index contributed by atoms with van der Waals surface area (Å²) in [6.45, 7) is 0.818. The summed E-state index contributed by atoms with van der Waals surface area (Å²) >= 11 is 0. The SMILES string of the molecule is CN1CCOc2ccc(NC(=O)Nc3c(F)cccc3F)cc2C1=O. The van der Waals surface area contributed by atoms with Crippen LogP contribution >= 0.6 is 0 Å². The van der Waals surface area contributed by atoms with Crippen molar-refractivity contribution in [3.8, 4) is 5.75 Å². The number of ether oxygens (including phenoxy) is 1. The number of likely N-dealkylation sites (N-methyl/N-ethyl adjacent to an activating group) is 1. The van der Waals surface area contributed by atoms with Gasteiger partial charge in [-0.2, -0.15) is 0 Å². The molecule has 0 saturated heterocycles. The van der Waals surface area contributed by atoms with Gasteiger partial charge in [0.2, 0.25) is 0 Å². The lowest BCUT2D eigenvalue weighted by atomic mass is 10.1. The van der Waals surface area contributed by atoms with E-state index in [1.54, 1.807) is 13.1 Å². The van der Waals surface area contributed by atoms with Gasteiger partial charge in [0.15, 0.2) is 0 Å². The summed E-state index contributed by atoms with van der Waals surface area (Å²) in [5.74, 6) is -1.60. The van der Waals surface area contributed by atoms with Gasteiger partial charge in [0.25, 0.3) is 5.91 Å². The van der Waals surface area contributed by atoms with Crippen molar-refractivity contribution in [3.63, 3.8) is 0 Å². The molecule has 0 fully saturated rings. The highest BCUT2D eigenvalue weighted by atomic mass is 19.1. The molecular weight excluding hydrogens is 332 g/mol. The molecule has 0 atom stereocenters. The first-order valence-electron chi connectivity index (χ1n) is 7.50. The molecule has 0 saturated carbocycles. The van der Waals surface area contributed by atoms with Crippen molar-refractivity contribution < 1.29 is 23.1 Å². The third kappa shape index (κ3) is 3.52. The number of carbonyl (C=O) groups is 2. The Balaban J connectivity index is 1.78. The van der Waals surface area contributed by atoms with E-state index in [0.717, 1.165) is 12.1 Å². The molecule has 0 unspecified atom stereocenters. The molecule has 3 amide bonds. The first kappa shape index (κ1) is 16.7. The molecule has 6 nitrogen and oxygen atoms in total. The summed E-state index contributed by atoms with van der Waals surface area (Å²) in [4.78, 5) is 25.8. The minimum atomic E-state index is -0.887. The van der Waals surface area contributed by atoms with E-state index in [2.05, 4.69) is 10.6 Å². The molecular formula is C17H15F2N3O3. The molecule has 2 aromatic rings. The second kappa shape index (κ2) is 6.76. The van der Waals surface area contributed by atoms with Gasteiger partial charge in [0.1, 0.15) is 29.7 Å². The molecule has 0 aromatic heterocycles. The third-order valence-corrected chi connectivity index (χ3v) is 3.70. The Morgan fingerprint density at radius 2 is 1.88 bits per heavy atom. The number of rotatable bonds is 2. The highest BCUT2D eigenvalue weighted by Crippen LogP contribution is 2.26. The highest BCUT2D eigenvalue weighted by Gasteiger charge is 2.21. The third-order valence-electron chi connectivity index (χ3n) is 3.70. The van der Waals surface area contributed by atoms with Crippen LogP contribution in [-0.2, 0) is 0 Å². The molecule has 130 valence electrons. The zero-order valence-corrected chi connectivity index (χ0v) is 13.3. The van der Waals surface area contributed by atoms with E-state index in [9.17, 15) is 18.4 Å². The van der Waals surface area contributed by atoms with Crippen molar-refractivity contribution >= 4 is 23.3 Å². The van der Waals surface area contributed by atoms with Gasteiger partial charge < -0.3 is 20.3 Å². The van der Waals surface area contributed by atoms with Crippen molar-refractivity contribution in [1.29, 1.82) is 0 Å². The van der Waals surface area contributed by atoms with Gasteiger partial charge in [-0.3, -0.25) is 4.79 Å². The normalized spacial score (nSPS) is 13.6. The summed E-state index contributed by atoms with van der Waals surface area (Å²) < 4.78 is 32.6. The quantitative estimate of drug-likeness (QED) is 0.877. The van der Waals surface area contributed by atoms with Gasteiger partial charge in [-0.05, 0) is 30.3 Å². The molecule has 25 heavy (non-hydrogen) atoms. The lowest BCUT2D eigenvalue weighted by molar-refractivity contribution is 0.0796. The minimum Gasteiger partial charge on any atom is -0.491 e. The van der Waals surface area contributed by atoms with Crippen LogP contribution in [0.15, 0.2) is 36.4 Å². The van der Waals surface area contributed by atoms with Crippen LogP contribution in [0.1, 0.15) is 10.4 Å². The Morgan fingerprint density at radius 3 is 2.60 bits per heavy atom. The maximum absolute atomic E-state index is 13.6. The van der Waals surface area contributed by atoms with Gasteiger partial charge in [-0.1, -0.05) is 6.07 Å². The summed E-state index contributed by atoms with van der Waals surface area (Å²) in [5.41, 5.74) is 0.0454. The van der Waals surface area contributed by atoms with E-state index in [1.165, 1.54) is 23.1 Å². The van der Waals surface area contributed by atoms with E-state index in [0.29, 0.717) is 30.2 Å². The van der Waals surface area contributed by atoms with Crippen LogP contribution in [0.5, 0.6) is 5.75 Å². The predicted molar refractivity (Wildman–Crippen MR) is 87.9 cm³/mol. The lowest BCUT2D eigenvalue weighted by Crippen LogP contribution is -2.28. The predicted octanol–water partition coefficient (Wildman–Crippen LogP) is 3.07. The molecule has 0 radical (unpaired) electrons. The maximum atomic E-state index is 13.6. The lowest BCUT2D eigenvalue weighted by Gasteiger charge is -2.13. The number of fused-ring (bicyclic) bond motifs is 1. The Morgan fingerprint density at radius 1 is 1.16 bits per heavy atom. The van der Waals surface area contributed by atoms with Crippen molar-refractivity contribution in [3.05, 3.63) is 53.6 Å². The number of benzene rings is 2. The number of amides is 3. The zero-order valence-electron chi connectivity index (χ0n) is 13.3. The number of hydrogen-bond acceptors (Lipinski definition) is 3. The molecule has 1 aliphatic heterocycles. The van der Waals surface area contributed by atoms with Crippen LogP contribution in [0.4, 0.5) is 25.0 Å². The Hall–Kier alpha value is -3.16. The van der Waals surface area contributed by atoms with Crippen molar-refractivity contribution in [2.45, 2.75) is 0 Å². The minimum absolute atomic E-state index is 0.239. The summed E-state index contributed by atoms with van der Waals surface area (Å²) in [6.07, 6.45) is 0. The molecule has 1 aliphatic rings. The molecule has 0 aliphatic carbocycles. The van der Waals surface area contributed by atoms with Crippen LogP contribution in [0.3, 0.4) is 0 Å². The fourth-order valence-electron chi connectivity index (χ4n) is 2.39. The second-order valence-electron chi connectivity index (χ2n) is 5.46. The Bertz CT molecular complexity index is 822. The van der Waals surface area contributed by atoms with Gasteiger partial charge in [-0.15, -0.1) is 0 Å². The van der Waals surface area contributed by atoms with Crippen LogP contribution in [0.25, 0.3) is 0 Å². The number of anilines is 2. The number of urea groups is 1. The number of nitrogens with zero attached hydrogens (tertiary/aromatic N) is 1. The van der Waals surface area contributed by atoms with Gasteiger partial charge in [0.05, 0.1) is 12.1 Å². The van der Waals surface area contributed by atoms with Crippen LogP contribution < -0.4 is 15.4 Å². The second-order valence-corrected chi connectivity index (χ2v) is 5.46. The number of nitrogens with one attached hydrogen (secondary N) is 2. The molecule has 2 N–H and O–H groups in total. The maximum Gasteiger partial charge on any atom is 0.323 e. The van der Waals surface area contributed by atoms with E-state index in [4.69, 9.17) is 4.74 Å². The molecule has 3 rings (SSSR count). The number of para-hydroxylation sites is 1. The molecule has 0 spiro atoms. The molecule has 0 bridgehead atoms. The first-order valence-corrected chi connectivity index (χ1v) is 7.50. The number of hydrogen-bond donors (Lipinski definition) is 2. The average Bonchev–Trinajstić information content (AvgIpc) is 2.71. The highest BCUT2D eigenvalue weighted by molar-refractivity contribution is 6.02. The summed E-state index contributed by atoms with van der Waals surface area (Å²) in [6, 6.07) is 6.98. The number of carbonyl (C=O) groups excluding carboxylic acids is 2. The van der Waals surface area contributed by atoms with Crippen molar-refractivity contribution in [2.75, 3.05) is 30.8 Å². The fraction of sp³-hybridized carbons (Fsp3) is 0.176. The average molecular weight is 347 g/mol. The first-order chi connectivity index (χ1) is 12.0. The Kier molecular flexibility index (Phi) is 4.51.